The van der Waals surface area contributed by atoms with Crippen molar-refractivity contribution in [2.24, 2.45) is 0 Å². The van der Waals surface area contributed by atoms with Crippen LogP contribution in [0.15, 0.2) is 29.4 Å². The van der Waals surface area contributed by atoms with E-state index >= 15 is 0 Å². The molecule has 0 radical (unpaired) electrons. The van der Waals surface area contributed by atoms with Gasteiger partial charge in [0, 0.05) is 6.20 Å². The van der Waals surface area contributed by atoms with Crippen LogP contribution < -0.4 is 4.72 Å². The highest BCUT2D eigenvalue weighted by molar-refractivity contribution is 7.89. The minimum absolute atomic E-state index is 0.0336. The molecule has 112 valence electrons. The van der Waals surface area contributed by atoms with E-state index in [1.54, 1.807) is 27.0 Å². The Hall–Kier alpha value is -1.86. The van der Waals surface area contributed by atoms with Gasteiger partial charge in [-0.25, -0.2) is 17.5 Å². The summed E-state index contributed by atoms with van der Waals surface area (Å²) in [6.07, 6.45) is 3.08. The fourth-order valence-electron chi connectivity index (χ4n) is 2.07. The van der Waals surface area contributed by atoms with Crippen molar-refractivity contribution in [3.05, 3.63) is 52.9 Å². The second-order valence-corrected chi connectivity index (χ2v) is 6.55. The summed E-state index contributed by atoms with van der Waals surface area (Å²) in [7, 11) is -3.73. The van der Waals surface area contributed by atoms with Crippen LogP contribution in [0.4, 0.5) is 4.39 Å². The molecule has 2 aromatic rings. The Morgan fingerprint density at radius 2 is 1.71 bits per heavy atom. The highest BCUT2D eigenvalue weighted by atomic mass is 32.2. The Morgan fingerprint density at radius 1 is 1.10 bits per heavy atom. The molecule has 0 spiro atoms. The molecule has 0 atom stereocenters. The largest absolute Gasteiger partial charge is 0.258 e. The Morgan fingerprint density at radius 3 is 2.24 bits per heavy atom. The number of aromatic nitrogens is 2. The van der Waals surface area contributed by atoms with Crippen LogP contribution in [0.1, 0.15) is 22.5 Å². The second-order valence-electron chi connectivity index (χ2n) is 4.84. The first-order valence-electron chi connectivity index (χ1n) is 6.33. The second kappa shape index (κ2) is 5.87. The molecule has 0 aliphatic carbocycles. The lowest BCUT2D eigenvalue weighted by molar-refractivity contribution is 0.577. The van der Waals surface area contributed by atoms with Crippen molar-refractivity contribution in [1.29, 1.82) is 0 Å². The number of hydrogen-bond acceptors (Lipinski definition) is 4. The van der Waals surface area contributed by atoms with Gasteiger partial charge in [0.2, 0.25) is 10.0 Å². The first-order valence-corrected chi connectivity index (χ1v) is 7.82. The van der Waals surface area contributed by atoms with Gasteiger partial charge in [-0.05, 0) is 44.0 Å². The molecule has 7 heteroatoms. The van der Waals surface area contributed by atoms with Crippen LogP contribution in [0.2, 0.25) is 0 Å². The average molecular weight is 309 g/mol. The standard InChI is InChI=1S/C14H16FN3O2S/c1-9-4-12(15)5-10(2)14(9)21(19,20)18-8-13-7-16-11(3)6-17-13/h4-7,18H,8H2,1-3H3. The Kier molecular flexibility index (Phi) is 4.34. The van der Waals surface area contributed by atoms with E-state index in [9.17, 15) is 12.8 Å². The van der Waals surface area contributed by atoms with Crippen molar-refractivity contribution in [3.63, 3.8) is 0 Å². The zero-order chi connectivity index (χ0) is 15.6. The number of halogens is 1. The van der Waals surface area contributed by atoms with Crippen molar-refractivity contribution in [2.45, 2.75) is 32.2 Å². The predicted octanol–water partition coefficient (Wildman–Crippen LogP) is 2.02. The summed E-state index contributed by atoms with van der Waals surface area (Å²) in [4.78, 5) is 8.24. The summed E-state index contributed by atoms with van der Waals surface area (Å²) in [5.74, 6) is -0.451. The molecule has 1 heterocycles. The molecule has 5 nitrogen and oxygen atoms in total. The third kappa shape index (κ3) is 3.62. The maximum absolute atomic E-state index is 13.3. The van der Waals surface area contributed by atoms with Gasteiger partial charge in [-0.2, -0.15) is 0 Å². The van der Waals surface area contributed by atoms with Crippen LogP contribution in [0.25, 0.3) is 0 Å². The van der Waals surface area contributed by atoms with Gasteiger partial charge in [-0.1, -0.05) is 0 Å². The zero-order valence-electron chi connectivity index (χ0n) is 12.0. The quantitative estimate of drug-likeness (QED) is 0.938. The van der Waals surface area contributed by atoms with Crippen LogP contribution in [-0.2, 0) is 16.6 Å². The Balaban J connectivity index is 2.25. The number of nitrogens with zero attached hydrogens (tertiary/aromatic N) is 2. The Bertz CT molecular complexity index is 735. The topological polar surface area (TPSA) is 72.0 Å². The minimum atomic E-state index is -3.73. The fraction of sp³-hybridized carbons (Fsp3) is 0.286. The van der Waals surface area contributed by atoms with E-state index in [0.29, 0.717) is 16.8 Å². The number of nitrogens with one attached hydrogen (secondary N) is 1. The first kappa shape index (κ1) is 15.5. The van der Waals surface area contributed by atoms with E-state index in [4.69, 9.17) is 0 Å². The first-order chi connectivity index (χ1) is 9.79. The number of hydrogen-bond donors (Lipinski definition) is 1. The summed E-state index contributed by atoms with van der Waals surface area (Å²) >= 11 is 0. The smallest absolute Gasteiger partial charge is 0.241 e. The monoisotopic (exact) mass is 309 g/mol. The van der Waals surface area contributed by atoms with Crippen LogP contribution in [0.3, 0.4) is 0 Å². The van der Waals surface area contributed by atoms with Crippen LogP contribution in [0, 0.1) is 26.6 Å². The molecule has 1 N–H and O–H groups in total. The van der Waals surface area contributed by atoms with Gasteiger partial charge in [0.15, 0.2) is 0 Å². The van der Waals surface area contributed by atoms with Gasteiger partial charge in [0.1, 0.15) is 5.82 Å². The highest BCUT2D eigenvalue weighted by Crippen LogP contribution is 2.21. The molecule has 0 unspecified atom stereocenters. The summed E-state index contributed by atoms with van der Waals surface area (Å²) in [5, 5.41) is 0. The van der Waals surface area contributed by atoms with Crippen molar-refractivity contribution >= 4 is 10.0 Å². The van der Waals surface area contributed by atoms with Crippen LogP contribution in [-0.4, -0.2) is 18.4 Å². The van der Waals surface area contributed by atoms with Crippen molar-refractivity contribution < 1.29 is 12.8 Å². The van der Waals surface area contributed by atoms with E-state index in [-0.39, 0.29) is 11.4 Å². The number of aryl methyl sites for hydroxylation is 3. The third-order valence-electron chi connectivity index (χ3n) is 2.97. The molecule has 2 rings (SSSR count). The van der Waals surface area contributed by atoms with E-state index in [0.717, 1.165) is 5.69 Å². The average Bonchev–Trinajstić information content (AvgIpc) is 2.36. The van der Waals surface area contributed by atoms with Gasteiger partial charge in [0.25, 0.3) is 0 Å². The summed E-state index contributed by atoms with van der Waals surface area (Å²) in [5.41, 5.74) is 2.01. The van der Waals surface area contributed by atoms with Gasteiger partial charge in [-0.15, -0.1) is 0 Å². The molecular weight excluding hydrogens is 293 g/mol. The maximum atomic E-state index is 13.3. The molecule has 0 saturated carbocycles. The zero-order valence-corrected chi connectivity index (χ0v) is 12.8. The van der Waals surface area contributed by atoms with E-state index in [1.807, 2.05) is 0 Å². The van der Waals surface area contributed by atoms with Gasteiger partial charge < -0.3 is 0 Å². The molecule has 0 aliphatic heterocycles. The van der Waals surface area contributed by atoms with E-state index in [2.05, 4.69) is 14.7 Å². The molecule has 1 aromatic heterocycles. The minimum Gasteiger partial charge on any atom is -0.258 e. The van der Waals surface area contributed by atoms with Gasteiger partial charge in [-0.3, -0.25) is 9.97 Å². The maximum Gasteiger partial charge on any atom is 0.241 e. The molecule has 0 fully saturated rings. The molecule has 0 bridgehead atoms. The van der Waals surface area contributed by atoms with Gasteiger partial charge >= 0.3 is 0 Å². The number of sulfonamides is 1. The van der Waals surface area contributed by atoms with Gasteiger partial charge in [0.05, 0.1) is 29.0 Å². The van der Waals surface area contributed by atoms with Crippen LogP contribution >= 0.6 is 0 Å². The van der Waals surface area contributed by atoms with E-state index < -0.39 is 15.8 Å². The summed E-state index contributed by atoms with van der Waals surface area (Å²) in [6.45, 7) is 4.96. The summed E-state index contributed by atoms with van der Waals surface area (Å²) < 4.78 is 40.4. The molecule has 0 aliphatic rings. The molecule has 0 saturated heterocycles. The van der Waals surface area contributed by atoms with E-state index in [1.165, 1.54) is 18.3 Å². The lowest BCUT2D eigenvalue weighted by atomic mass is 10.1. The molecular formula is C14H16FN3O2S. The normalized spacial score (nSPS) is 11.6. The lowest BCUT2D eigenvalue weighted by Crippen LogP contribution is -2.25. The fourth-order valence-corrected chi connectivity index (χ4v) is 3.52. The molecule has 0 amide bonds. The van der Waals surface area contributed by atoms with Crippen molar-refractivity contribution in [3.8, 4) is 0 Å². The third-order valence-corrected chi connectivity index (χ3v) is 4.68. The Labute approximate surface area is 123 Å². The number of rotatable bonds is 4. The van der Waals surface area contributed by atoms with Crippen molar-refractivity contribution in [2.75, 3.05) is 0 Å². The summed E-state index contributed by atoms with van der Waals surface area (Å²) in [6, 6.07) is 2.40. The van der Waals surface area contributed by atoms with Crippen LogP contribution in [0.5, 0.6) is 0 Å². The predicted molar refractivity (Wildman–Crippen MR) is 76.7 cm³/mol. The lowest BCUT2D eigenvalue weighted by Gasteiger charge is -2.12. The number of benzene rings is 1. The molecule has 1 aromatic carbocycles. The SMILES string of the molecule is Cc1cnc(CNS(=O)(=O)c2c(C)cc(F)cc2C)cn1. The molecule has 21 heavy (non-hydrogen) atoms. The highest BCUT2D eigenvalue weighted by Gasteiger charge is 2.20. The van der Waals surface area contributed by atoms with Crippen molar-refractivity contribution in [1.82, 2.24) is 14.7 Å².